The predicted octanol–water partition coefficient (Wildman–Crippen LogP) is 19.4. The average Bonchev–Trinajstić information content (AvgIpc) is 3.37. The highest BCUT2D eigenvalue weighted by molar-refractivity contribution is 5.71. The van der Waals surface area contributed by atoms with E-state index in [1.165, 1.54) is 83.5 Å². The van der Waals surface area contributed by atoms with Gasteiger partial charge in [0.15, 0.2) is 6.10 Å². The lowest BCUT2D eigenvalue weighted by Gasteiger charge is -2.18. The zero-order valence-electron chi connectivity index (χ0n) is 45.7. The molecule has 0 aromatic rings. The molecule has 0 amide bonds. The molecule has 0 saturated carbocycles. The van der Waals surface area contributed by atoms with Crippen LogP contribution in [0.3, 0.4) is 0 Å². The van der Waals surface area contributed by atoms with E-state index >= 15 is 0 Å². The lowest BCUT2D eigenvalue weighted by Crippen LogP contribution is -2.30. The first-order chi connectivity index (χ1) is 35.0. The summed E-state index contributed by atoms with van der Waals surface area (Å²) in [6.45, 7) is 6.31. The van der Waals surface area contributed by atoms with Crippen molar-refractivity contribution in [3.8, 4) is 0 Å². The normalized spacial score (nSPS) is 13.1. The molecule has 0 spiro atoms. The van der Waals surface area contributed by atoms with Crippen molar-refractivity contribution in [1.82, 2.24) is 0 Å². The smallest absolute Gasteiger partial charge is 0.306 e. The zero-order chi connectivity index (χ0) is 51.4. The number of ether oxygens (including phenoxy) is 3. The van der Waals surface area contributed by atoms with Crippen molar-refractivity contribution in [2.45, 2.75) is 245 Å². The quantitative estimate of drug-likeness (QED) is 0.0262. The fourth-order valence-electron chi connectivity index (χ4n) is 7.39. The minimum atomic E-state index is -0.836. The number of carbonyl (C=O) groups excluding carboxylic acids is 3. The maximum atomic E-state index is 12.8. The minimum absolute atomic E-state index is 0.123. The van der Waals surface area contributed by atoms with E-state index in [0.717, 1.165) is 103 Å². The van der Waals surface area contributed by atoms with Crippen LogP contribution in [0.15, 0.2) is 134 Å². The molecule has 0 aliphatic carbocycles. The molecule has 0 rings (SSSR count). The maximum absolute atomic E-state index is 12.8. The summed E-state index contributed by atoms with van der Waals surface area (Å²) in [6.07, 6.45) is 81.7. The Morgan fingerprint density at radius 3 is 0.915 bits per heavy atom. The summed E-state index contributed by atoms with van der Waals surface area (Å²) in [7, 11) is 0. The molecule has 6 heteroatoms. The largest absolute Gasteiger partial charge is 0.462 e. The predicted molar refractivity (Wildman–Crippen MR) is 306 cm³/mol. The lowest BCUT2D eigenvalue weighted by atomic mass is 10.1. The molecule has 0 bridgehead atoms. The number of hydrogen-bond acceptors (Lipinski definition) is 6. The van der Waals surface area contributed by atoms with E-state index in [2.05, 4.69) is 154 Å². The Labute approximate surface area is 436 Å². The van der Waals surface area contributed by atoms with Crippen molar-refractivity contribution in [3.05, 3.63) is 134 Å². The molecule has 1 atom stereocenters. The number of allylic oxidation sites excluding steroid dienone is 22. The van der Waals surface area contributed by atoms with Crippen LogP contribution >= 0.6 is 0 Å². The Morgan fingerprint density at radius 1 is 0.296 bits per heavy atom. The van der Waals surface area contributed by atoms with E-state index in [0.29, 0.717) is 19.3 Å². The highest BCUT2D eigenvalue weighted by Gasteiger charge is 2.19. The second-order valence-corrected chi connectivity index (χ2v) is 18.4. The fraction of sp³-hybridized carbons (Fsp3) is 0.615. The summed E-state index contributed by atoms with van der Waals surface area (Å²) >= 11 is 0. The van der Waals surface area contributed by atoms with Gasteiger partial charge in [-0.15, -0.1) is 0 Å². The van der Waals surface area contributed by atoms with E-state index < -0.39 is 6.10 Å². The zero-order valence-corrected chi connectivity index (χ0v) is 45.7. The van der Waals surface area contributed by atoms with Crippen LogP contribution in [0.1, 0.15) is 239 Å². The maximum Gasteiger partial charge on any atom is 0.306 e. The number of rotatable bonds is 50. The van der Waals surface area contributed by atoms with Gasteiger partial charge in [0.1, 0.15) is 13.2 Å². The van der Waals surface area contributed by atoms with Gasteiger partial charge in [-0.25, -0.2) is 0 Å². The van der Waals surface area contributed by atoms with Gasteiger partial charge in [0, 0.05) is 19.3 Å². The first kappa shape index (κ1) is 66.6. The van der Waals surface area contributed by atoms with Gasteiger partial charge in [0.25, 0.3) is 0 Å². The standard InChI is InChI=1S/C65H104O6/c1-4-7-10-13-16-19-22-25-28-31-32-35-37-40-43-46-49-52-55-58-64(67)70-61-62(71-65(68)59-56-53-50-47-44-41-38-34-30-27-24-21-18-15-12-9-6-3)60-69-63(66)57-54-51-48-45-42-39-36-33-29-26-23-20-17-14-11-8-5-2/h7,9-10,12,16,18-19,21,25-30,36,38-39,41,45,47-48,50,62H,4-6,8,11,13-15,17,20,22-24,31-35,37,40,42-44,46,49,51-61H2,1-3H3/b10-7-,12-9-,19-16-,21-18-,28-25-,29-26-,30-27-,39-36-,41-38-,48-45-,50-47-. The van der Waals surface area contributed by atoms with Crippen LogP contribution in [0.2, 0.25) is 0 Å². The molecule has 1 unspecified atom stereocenters. The van der Waals surface area contributed by atoms with Gasteiger partial charge in [-0.2, -0.15) is 0 Å². The summed E-state index contributed by atoms with van der Waals surface area (Å²) in [6, 6.07) is 0. The highest BCUT2D eigenvalue weighted by Crippen LogP contribution is 2.13. The van der Waals surface area contributed by atoms with Gasteiger partial charge in [-0.05, 0) is 122 Å². The third-order valence-electron chi connectivity index (χ3n) is 11.6. The van der Waals surface area contributed by atoms with E-state index in [9.17, 15) is 14.4 Å². The third-order valence-corrected chi connectivity index (χ3v) is 11.6. The molecule has 0 aromatic heterocycles. The molecule has 0 aliphatic rings. The van der Waals surface area contributed by atoms with Gasteiger partial charge in [0.2, 0.25) is 0 Å². The molecule has 0 saturated heterocycles. The Morgan fingerprint density at radius 2 is 0.563 bits per heavy atom. The first-order valence-electron chi connectivity index (χ1n) is 28.7. The van der Waals surface area contributed by atoms with Gasteiger partial charge >= 0.3 is 17.9 Å². The van der Waals surface area contributed by atoms with Crippen molar-refractivity contribution >= 4 is 17.9 Å². The van der Waals surface area contributed by atoms with Crippen LogP contribution in [0, 0.1) is 0 Å². The number of esters is 3. The fourth-order valence-corrected chi connectivity index (χ4v) is 7.39. The van der Waals surface area contributed by atoms with Gasteiger partial charge < -0.3 is 14.2 Å². The SMILES string of the molecule is CC/C=C\C/C=C\C/C=C\C/C=C\C/C=C\CCCC(=O)OC(COC(=O)CCC/C=C\C/C=C\C/C=C\CCCCCCCC)COC(=O)CCCCCCCCCCC/C=C\C/C=C\C/C=C\CC. The molecule has 400 valence electrons. The minimum Gasteiger partial charge on any atom is -0.462 e. The van der Waals surface area contributed by atoms with Crippen LogP contribution < -0.4 is 0 Å². The van der Waals surface area contributed by atoms with Gasteiger partial charge in [0.05, 0.1) is 0 Å². The van der Waals surface area contributed by atoms with E-state index in [-0.39, 0.29) is 44.0 Å². The Balaban J connectivity index is 4.56. The molecule has 0 fully saturated rings. The lowest BCUT2D eigenvalue weighted by molar-refractivity contribution is -0.167. The van der Waals surface area contributed by atoms with Crippen LogP contribution in [0.25, 0.3) is 0 Å². The number of unbranched alkanes of at least 4 members (excludes halogenated alkanes) is 17. The molecule has 71 heavy (non-hydrogen) atoms. The van der Waals surface area contributed by atoms with Crippen molar-refractivity contribution in [2.75, 3.05) is 13.2 Å². The Bertz CT molecular complexity index is 1550. The summed E-state index contributed by atoms with van der Waals surface area (Å²) in [4.78, 5) is 38.1. The van der Waals surface area contributed by atoms with Gasteiger partial charge in [-0.1, -0.05) is 231 Å². The van der Waals surface area contributed by atoms with E-state index in [4.69, 9.17) is 14.2 Å². The Hall–Kier alpha value is -4.45. The van der Waals surface area contributed by atoms with Crippen molar-refractivity contribution < 1.29 is 28.6 Å². The van der Waals surface area contributed by atoms with E-state index in [1.807, 2.05) is 0 Å². The molecule has 0 aromatic carbocycles. The Kier molecular flexibility index (Phi) is 54.5. The summed E-state index contributed by atoms with van der Waals surface area (Å²) in [5, 5.41) is 0. The number of hydrogen-bond donors (Lipinski definition) is 0. The van der Waals surface area contributed by atoms with Crippen LogP contribution in [-0.4, -0.2) is 37.2 Å². The molecule has 6 nitrogen and oxygen atoms in total. The summed E-state index contributed by atoms with van der Waals surface area (Å²) < 4.78 is 16.8. The van der Waals surface area contributed by atoms with Crippen LogP contribution in [0.5, 0.6) is 0 Å². The molecule has 0 N–H and O–H groups in total. The van der Waals surface area contributed by atoms with E-state index in [1.54, 1.807) is 0 Å². The second kappa shape index (κ2) is 58.1. The van der Waals surface area contributed by atoms with Crippen LogP contribution in [0.4, 0.5) is 0 Å². The third kappa shape index (κ3) is 56.3. The van der Waals surface area contributed by atoms with Crippen molar-refractivity contribution in [2.24, 2.45) is 0 Å². The highest BCUT2D eigenvalue weighted by atomic mass is 16.6. The monoisotopic (exact) mass is 981 g/mol. The molecular formula is C65H104O6. The molecule has 0 aliphatic heterocycles. The van der Waals surface area contributed by atoms with Crippen molar-refractivity contribution in [1.29, 1.82) is 0 Å². The molecule has 0 heterocycles. The van der Waals surface area contributed by atoms with Gasteiger partial charge in [-0.3, -0.25) is 14.4 Å². The topological polar surface area (TPSA) is 78.9 Å². The molecule has 0 radical (unpaired) electrons. The summed E-state index contributed by atoms with van der Waals surface area (Å²) in [5.41, 5.74) is 0. The first-order valence-corrected chi connectivity index (χ1v) is 28.7. The van der Waals surface area contributed by atoms with Crippen molar-refractivity contribution in [3.63, 3.8) is 0 Å². The average molecular weight is 982 g/mol. The summed E-state index contributed by atoms with van der Waals surface area (Å²) in [5.74, 6) is -1.05. The molecular weight excluding hydrogens is 877 g/mol. The number of carbonyl (C=O) groups is 3. The second-order valence-electron chi connectivity index (χ2n) is 18.4. The van der Waals surface area contributed by atoms with Crippen LogP contribution in [-0.2, 0) is 28.6 Å².